The SMILES string of the molecule is Cc1ccc2nc([C@@H](C)NC(=O)N3CCC(N4CCCC4)CC3)[nH]c2c1. The summed E-state index contributed by atoms with van der Waals surface area (Å²) in [4.78, 5) is 25.2. The van der Waals surface area contributed by atoms with E-state index >= 15 is 0 Å². The highest BCUT2D eigenvalue weighted by Gasteiger charge is 2.28. The summed E-state index contributed by atoms with van der Waals surface area (Å²) in [7, 11) is 0. The minimum atomic E-state index is -0.133. The number of urea groups is 1. The van der Waals surface area contributed by atoms with Crippen molar-refractivity contribution >= 4 is 17.1 Å². The van der Waals surface area contributed by atoms with E-state index in [1.165, 1.54) is 31.5 Å². The third-order valence-electron chi connectivity index (χ3n) is 5.81. The molecular weight excluding hydrogens is 326 g/mol. The van der Waals surface area contributed by atoms with Gasteiger partial charge in [-0.05, 0) is 70.3 Å². The zero-order chi connectivity index (χ0) is 18.1. The Morgan fingerprint density at radius 1 is 1.23 bits per heavy atom. The van der Waals surface area contributed by atoms with Crippen LogP contribution in [-0.2, 0) is 0 Å². The maximum atomic E-state index is 12.6. The first-order valence-corrected chi connectivity index (χ1v) is 9.86. The van der Waals surface area contributed by atoms with Crippen LogP contribution in [0.4, 0.5) is 4.79 Å². The van der Waals surface area contributed by atoms with Crippen molar-refractivity contribution in [2.75, 3.05) is 26.2 Å². The fourth-order valence-electron chi connectivity index (χ4n) is 4.23. The topological polar surface area (TPSA) is 64.3 Å². The van der Waals surface area contributed by atoms with Gasteiger partial charge in [0.2, 0.25) is 0 Å². The van der Waals surface area contributed by atoms with Gasteiger partial charge in [0.05, 0.1) is 17.1 Å². The number of fused-ring (bicyclic) bond motifs is 1. The van der Waals surface area contributed by atoms with Gasteiger partial charge < -0.3 is 20.1 Å². The molecule has 2 aliphatic rings. The largest absolute Gasteiger partial charge is 0.340 e. The number of nitrogens with zero attached hydrogens (tertiary/aromatic N) is 3. The quantitative estimate of drug-likeness (QED) is 0.889. The number of aromatic nitrogens is 2. The zero-order valence-corrected chi connectivity index (χ0v) is 15.8. The number of piperidine rings is 1. The van der Waals surface area contributed by atoms with Crippen LogP contribution in [-0.4, -0.2) is 58.0 Å². The maximum absolute atomic E-state index is 12.6. The second-order valence-corrected chi connectivity index (χ2v) is 7.78. The third-order valence-corrected chi connectivity index (χ3v) is 5.81. The molecule has 1 aromatic carbocycles. The molecule has 0 saturated carbocycles. The molecule has 4 rings (SSSR count). The van der Waals surface area contributed by atoms with Crippen molar-refractivity contribution < 1.29 is 4.79 Å². The average molecular weight is 355 g/mol. The lowest BCUT2D eigenvalue weighted by atomic mass is 10.0. The highest BCUT2D eigenvalue weighted by Crippen LogP contribution is 2.22. The Balaban J connectivity index is 1.33. The van der Waals surface area contributed by atoms with E-state index in [1.807, 2.05) is 17.9 Å². The molecule has 6 nitrogen and oxygen atoms in total. The molecule has 0 radical (unpaired) electrons. The summed E-state index contributed by atoms with van der Waals surface area (Å²) in [5, 5.41) is 3.11. The minimum absolute atomic E-state index is 0.0222. The van der Waals surface area contributed by atoms with Gasteiger partial charge in [0, 0.05) is 19.1 Å². The summed E-state index contributed by atoms with van der Waals surface area (Å²) in [5.74, 6) is 0.811. The number of aryl methyl sites for hydroxylation is 1. The summed E-state index contributed by atoms with van der Waals surface area (Å²) in [6.45, 7) is 8.22. The van der Waals surface area contributed by atoms with Crippen molar-refractivity contribution in [3.05, 3.63) is 29.6 Å². The predicted octanol–water partition coefficient (Wildman–Crippen LogP) is 3.20. The Hall–Kier alpha value is -2.08. The van der Waals surface area contributed by atoms with Gasteiger partial charge in [0.25, 0.3) is 0 Å². The van der Waals surface area contributed by atoms with E-state index in [2.05, 4.69) is 39.2 Å². The minimum Gasteiger partial charge on any atom is -0.340 e. The molecule has 0 spiro atoms. The molecule has 2 fully saturated rings. The molecular formula is C20H29N5O. The van der Waals surface area contributed by atoms with E-state index < -0.39 is 0 Å². The number of aromatic amines is 1. The normalized spacial score (nSPS) is 20.6. The average Bonchev–Trinajstić information content (AvgIpc) is 3.31. The molecule has 0 bridgehead atoms. The van der Waals surface area contributed by atoms with Gasteiger partial charge >= 0.3 is 6.03 Å². The first-order chi connectivity index (χ1) is 12.6. The van der Waals surface area contributed by atoms with Crippen molar-refractivity contribution in [2.24, 2.45) is 0 Å². The van der Waals surface area contributed by atoms with E-state index in [9.17, 15) is 4.79 Å². The van der Waals surface area contributed by atoms with Crippen LogP contribution in [0.2, 0.25) is 0 Å². The standard InChI is InChI=1S/C20H29N5O/c1-14-5-6-17-18(13-14)23-19(22-17)15(2)21-20(26)25-11-7-16(8-12-25)24-9-3-4-10-24/h5-6,13,15-16H,3-4,7-12H2,1-2H3,(H,21,26)(H,22,23)/t15-/m1/s1. The Bertz CT molecular complexity index is 772. The van der Waals surface area contributed by atoms with Crippen molar-refractivity contribution in [3.8, 4) is 0 Å². The van der Waals surface area contributed by atoms with E-state index in [0.717, 1.165) is 42.8 Å². The Morgan fingerprint density at radius 3 is 2.69 bits per heavy atom. The molecule has 1 aromatic heterocycles. The lowest BCUT2D eigenvalue weighted by molar-refractivity contribution is 0.132. The lowest BCUT2D eigenvalue weighted by Crippen LogP contribution is -2.49. The summed E-state index contributed by atoms with van der Waals surface area (Å²) in [5.41, 5.74) is 3.16. The number of H-pyrrole nitrogens is 1. The monoisotopic (exact) mass is 355 g/mol. The van der Waals surface area contributed by atoms with Crippen LogP contribution in [0.15, 0.2) is 18.2 Å². The van der Waals surface area contributed by atoms with Gasteiger partial charge in [-0.2, -0.15) is 0 Å². The first-order valence-electron chi connectivity index (χ1n) is 9.86. The summed E-state index contributed by atoms with van der Waals surface area (Å²) >= 11 is 0. The molecule has 2 aromatic rings. The molecule has 2 amide bonds. The number of amides is 2. The third kappa shape index (κ3) is 3.56. The summed E-state index contributed by atoms with van der Waals surface area (Å²) in [6.07, 6.45) is 4.84. The molecule has 140 valence electrons. The second kappa shape index (κ2) is 7.27. The molecule has 2 N–H and O–H groups in total. The van der Waals surface area contributed by atoms with E-state index in [0.29, 0.717) is 6.04 Å². The van der Waals surface area contributed by atoms with Crippen molar-refractivity contribution in [2.45, 2.75) is 51.6 Å². The first kappa shape index (κ1) is 17.3. The van der Waals surface area contributed by atoms with Crippen molar-refractivity contribution in [3.63, 3.8) is 0 Å². The molecule has 1 atom stereocenters. The Morgan fingerprint density at radius 2 is 1.96 bits per heavy atom. The maximum Gasteiger partial charge on any atom is 0.317 e. The van der Waals surface area contributed by atoms with Crippen LogP contribution in [0, 0.1) is 6.92 Å². The number of rotatable bonds is 3. The fraction of sp³-hybridized carbons (Fsp3) is 0.600. The predicted molar refractivity (Wildman–Crippen MR) is 103 cm³/mol. The van der Waals surface area contributed by atoms with Crippen LogP contribution < -0.4 is 5.32 Å². The van der Waals surface area contributed by atoms with Crippen LogP contribution in [0.5, 0.6) is 0 Å². The van der Waals surface area contributed by atoms with E-state index in [4.69, 9.17) is 0 Å². The number of likely N-dealkylation sites (tertiary alicyclic amines) is 2. The summed E-state index contributed by atoms with van der Waals surface area (Å²) < 4.78 is 0. The number of hydrogen-bond acceptors (Lipinski definition) is 3. The van der Waals surface area contributed by atoms with Gasteiger partial charge in [-0.3, -0.25) is 0 Å². The molecule has 2 saturated heterocycles. The van der Waals surface area contributed by atoms with Gasteiger partial charge in [-0.15, -0.1) is 0 Å². The van der Waals surface area contributed by atoms with Crippen LogP contribution in [0.25, 0.3) is 11.0 Å². The second-order valence-electron chi connectivity index (χ2n) is 7.78. The highest BCUT2D eigenvalue weighted by atomic mass is 16.2. The van der Waals surface area contributed by atoms with Crippen LogP contribution in [0.1, 0.15) is 50.0 Å². The number of carbonyl (C=O) groups is 1. The van der Waals surface area contributed by atoms with Crippen molar-refractivity contribution in [1.29, 1.82) is 0 Å². The van der Waals surface area contributed by atoms with Gasteiger partial charge in [-0.1, -0.05) is 6.07 Å². The van der Waals surface area contributed by atoms with E-state index in [1.54, 1.807) is 0 Å². The van der Waals surface area contributed by atoms with Crippen LogP contribution in [0.3, 0.4) is 0 Å². The number of imidazole rings is 1. The Labute approximate surface area is 155 Å². The Kier molecular flexibility index (Phi) is 4.85. The zero-order valence-electron chi connectivity index (χ0n) is 15.8. The molecule has 0 aliphatic carbocycles. The molecule has 6 heteroatoms. The number of benzene rings is 1. The van der Waals surface area contributed by atoms with Gasteiger partial charge in [0.15, 0.2) is 0 Å². The smallest absolute Gasteiger partial charge is 0.317 e. The van der Waals surface area contributed by atoms with Crippen molar-refractivity contribution in [1.82, 2.24) is 25.1 Å². The molecule has 2 aliphatic heterocycles. The lowest BCUT2D eigenvalue weighted by Gasteiger charge is -2.36. The van der Waals surface area contributed by atoms with Gasteiger partial charge in [0.1, 0.15) is 5.82 Å². The number of nitrogens with one attached hydrogen (secondary N) is 2. The fourth-order valence-corrected chi connectivity index (χ4v) is 4.23. The molecule has 3 heterocycles. The number of carbonyl (C=O) groups excluding carboxylic acids is 1. The molecule has 26 heavy (non-hydrogen) atoms. The number of hydrogen-bond donors (Lipinski definition) is 2. The highest BCUT2D eigenvalue weighted by molar-refractivity contribution is 5.77. The summed E-state index contributed by atoms with van der Waals surface area (Å²) in [6, 6.07) is 6.71. The molecule has 0 unspecified atom stereocenters. The van der Waals surface area contributed by atoms with E-state index in [-0.39, 0.29) is 12.1 Å². The van der Waals surface area contributed by atoms with Gasteiger partial charge in [-0.25, -0.2) is 9.78 Å². The van der Waals surface area contributed by atoms with Crippen LogP contribution >= 0.6 is 0 Å².